The maximum Gasteiger partial charge on any atom is 0.380 e. The third kappa shape index (κ3) is 7.34. The Hall–Kier alpha value is -0.680. The lowest BCUT2D eigenvalue weighted by molar-refractivity contribution is -0.376. The number of ether oxygens (including phenoxy) is 2. The highest BCUT2D eigenvalue weighted by molar-refractivity contribution is 5.03. The Kier molecular flexibility index (Phi) is 11.1. The van der Waals surface area contributed by atoms with Crippen molar-refractivity contribution in [3.8, 4) is 0 Å². The Labute approximate surface area is 153 Å². The molecule has 0 saturated carbocycles. The van der Waals surface area contributed by atoms with Crippen molar-refractivity contribution in [1.82, 2.24) is 0 Å². The van der Waals surface area contributed by atoms with Crippen molar-refractivity contribution >= 4 is 0 Å². The first-order valence-corrected chi connectivity index (χ1v) is 8.65. The number of aliphatic hydroxyl groups excluding tert-OH is 1. The largest absolute Gasteiger partial charge is 0.396 e. The normalized spacial score (nSPS) is 14.0. The molecule has 27 heavy (non-hydrogen) atoms. The molecule has 164 valence electrons. The van der Waals surface area contributed by atoms with E-state index in [4.69, 9.17) is 5.11 Å². The van der Waals surface area contributed by atoms with Crippen molar-refractivity contribution < 1.29 is 49.7 Å². The van der Waals surface area contributed by atoms with Gasteiger partial charge in [-0.15, -0.1) is 0 Å². The number of hydrogen-bond acceptors (Lipinski definition) is 3. The molecule has 0 aromatic heterocycles. The average Bonchev–Trinajstić information content (AvgIpc) is 2.57. The van der Waals surface area contributed by atoms with Gasteiger partial charge in [0.1, 0.15) is 13.2 Å². The molecule has 0 unspecified atom stereocenters. The van der Waals surface area contributed by atoms with Gasteiger partial charge in [-0.1, -0.05) is 32.6 Å². The summed E-state index contributed by atoms with van der Waals surface area (Å²) < 4.78 is 117. The van der Waals surface area contributed by atoms with Crippen molar-refractivity contribution in [1.29, 1.82) is 0 Å². The lowest BCUT2D eigenvalue weighted by Gasteiger charge is -2.36. The van der Waals surface area contributed by atoms with Gasteiger partial charge in [0, 0.05) is 19.8 Å². The maximum absolute atomic E-state index is 13.6. The summed E-state index contributed by atoms with van der Waals surface area (Å²) in [6.45, 7) is -3.86. The highest BCUT2D eigenvalue weighted by Gasteiger charge is 2.80. The molecule has 0 aliphatic rings. The van der Waals surface area contributed by atoms with Crippen LogP contribution < -0.4 is 0 Å². The van der Waals surface area contributed by atoms with E-state index in [1.54, 1.807) is 0 Å². The summed E-state index contributed by atoms with van der Waals surface area (Å²) in [6, 6.07) is 0. The lowest BCUT2D eigenvalue weighted by atomic mass is 9.99. The van der Waals surface area contributed by atoms with Crippen molar-refractivity contribution in [3.05, 3.63) is 0 Å². The number of halogens is 8. The summed E-state index contributed by atoms with van der Waals surface area (Å²) in [5.74, 6) is -23.8. The van der Waals surface area contributed by atoms with Gasteiger partial charge in [-0.25, -0.2) is 0 Å². The van der Waals surface area contributed by atoms with Crippen LogP contribution in [0.25, 0.3) is 0 Å². The fourth-order valence-corrected chi connectivity index (χ4v) is 2.02. The Morgan fingerprint density at radius 3 is 1.44 bits per heavy atom. The van der Waals surface area contributed by atoms with Gasteiger partial charge in [-0.05, 0) is 12.8 Å². The zero-order valence-corrected chi connectivity index (χ0v) is 15.1. The van der Waals surface area contributed by atoms with Crippen molar-refractivity contribution in [3.63, 3.8) is 0 Å². The molecule has 0 aromatic rings. The molecule has 0 heterocycles. The highest BCUT2D eigenvalue weighted by atomic mass is 19.4. The van der Waals surface area contributed by atoms with Crippen LogP contribution in [0.1, 0.15) is 45.4 Å². The van der Waals surface area contributed by atoms with Gasteiger partial charge in [0.25, 0.3) is 0 Å². The molecule has 0 fully saturated rings. The van der Waals surface area contributed by atoms with E-state index in [-0.39, 0.29) is 19.4 Å². The second-order valence-electron chi connectivity index (χ2n) is 6.15. The van der Waals surface area contributed by atoms with Crippen LogP contribution in [0.2, 0.25) is 0 Å². The number of alkyl halides is 8. The van der Waals surface area contributed by atoms with E-state index in [9.17, 15) is 35.1 Å². The van der Waals surface area contributed by atoms with Crippen LogP contribution >= 0.6 is 0 Å². The number of hydrogen-bond donors (Lipinski definition) is 1. The van der Waals surface area contributed by atoms with Gasteiger partial charge >= 0.3 is 23.7 Å². The van der Waals surface area contributed by atoms with E-state index in [2.05, 4.69) is 9.47 Å². The predicted octanol–water partition coefficient (Wildman–Crippen LogP) is 4.91. The number of rotatable bonds is 16. The smallest absolute Gasteiger partial charge is 0.380 e. The summed E-state index contributed by atoms with van der Waals surface area (Å²) in [4.78, 5) is 0. The molecule has 0 aliphatic heterocycles. The molecule has 0 atom stereocenters. The summed E-state index contributed by atoms with van der Waals surface area (Å²) in [7, 11) is 0. The molecule has 0 spiro atoms. The fourth-order valence-electron chi connectivity index (χ4n) is 2.02. The minimum atomic E-state index is -6.37. The van der Waals surface area contributed by atoms with E-state index >= 15 is 0 Å². The van der Waals surface area contributed by atoms with E-state index in [1.165, 1.54) is 0 Å². The summed E-state index contributed by atoms with van der Waals surface area (Å²) in [5.41, 5.74) is 0. The Balaban J connectivity index is 4.78. The maximum atomic E-state index is 13.6. The van der Waals surface area contributed by atoms with E-state index in [0.717, 1.165) is 19.3 Å². The van der Waals surface area contributed by atoms with Crippen LogP contribution in [0, 0.1) is 0 Å². The van der Waals surface area contributed by atoms with Crippen molar-refractivity contribution in [2.45, 2.75) is 69.1 Å². The Morgan fingerprint density at radius 2 is 1.04 bits per heavy atom. The van der Waals surface area contributed by atoms with E-state index < -0.39 is 50.1 Å². The first-order chi connectivity index (χ1) is 12.4. The molecule has 0 radical (unpaired) electrons. The third-order valence-corrected chi connectivity index (χ3v) is 3.72. The van der Waals surface area contributed by atoms with Gasteiger partial charge in [-0.2, -0.15) is 35.1 Å². The number of aliphatic hydroxyl groups is 1. The standard InChI is InChI=1S/C16H26F8O3/c1-2-3-4-5-6-9-26-11-13(17,18)15(21,22)16(23,24)14(19,20)12-27-10-7-8-25/h25H,2-12H2,1H3. The van der Waals surface area contributed by atoms with Gasteiger partial charge in [-0.3, -0.25) is 0 Å². The first kappa shape index (κ1) is 26.3. The van der Waals surface area contributed by atoms with Gasteiger partial charge in [0.15, 0.2) is 0 Å². The molecule has 1 N–H and O–H groups in total. The third-order valence-electron chi connectivity index (χ3n) is 3.72. The van der Waals surface area contributed by atoms with Crippen LogP contribution in [-0.2, 0) is 9.47 Å². The zero-order chi connectivity index (χ0) is 21.2. The zero-order valence-electron chi connectivity index (χ0n) is 15.1. The molecule has 0 amide bonds. The number of unbranched alkanes of at least 4 members (excludes halogenated alkanes) is 4. The van der Waals surface area contributed by atoms with Crippen LogP contribution in [0.15, 0.2) is 0 Å². The molecule has 11 heteroatoms. The van der Waals surface area contributed by atoms with Crippen molar-refractivity contribution in [2.24, 2.45) is 0 Å². The highest BCUT2D eigenvalue weighted by Crippen LogP contribution is 2.52. The van der Waals surface area contributed by atoms with Crippen LogP contribution in [-0.4, -0.2) is 61.8 Å². The monoisotopic (exact) mass is 418 g/mol. The molecular weight excluding hydrogens is 392 g/mol. The molecule has 0 aromatic carbocycles. The molecule has 0 bridgehead atoms. The Bertz CT molecular complexity index is 405. The molecule has 0 aliphatic carbocycles. The fraction of sp³-hybridized carbons (Fsp3) is 1.00. The van der Waals surface area contributed by atoms with E-state index in [1.807, 2.05) is 6.92 Å². The van der Waals surface area contributed by atoms with Crippen molar-refractivity contribution in [2.75, 3.05) is 33.0 Å². The SMILES string of the molecule is CCCCCCCOCC(F)(F)C(F)(F)C(F)(F)C(F)(F)COCCCO. The summed E-state index contributed by atoms with van der Waals surface area (Å²) in [6.07, 6.45) is 3.20. The Morgan fingerprint density at radius 1 is 0.630 bits per heavy atom. The average molecular weight is 418 g/mol. The molecule has 0 saturated heterocycles. The second kappa shape index (κ2) is 11.4. The minimum absolute atomic E-state index is 0.208. The second-order valence-corrected chi connectivity index (χ2v) is 6.15. The summed E-state index contributed by atoms with van der Waals surface area (Å²) >= 11 is 0. The van der Waals surface area contributed by atoms with Crippen LogP contribution in [0.5, 0.6) is 0 Å². The first-order valence-electron chi connectivity index (χ1n) is 8.65. The molecule has 3 nitrogen and oxygen atoms in total. The van der Waals surface area contributed by atoms with E-state index in [0.29, 0.717) is 6.42 Å². The van der Waals surface area contributed by atoms with Crippen LogP contribution in [0.4, 0.5) is 35.1 Å². The quantitative estimate of drug-likeness (QED) is 0.286. The molecular formula is C16H26F8O3. The van der Waals surface area contributed by atoms with Gasteiger partial charge in [0.2, 0.25) is 0 Å². The minimum Gasteiger partial charge on any atom is -0.396 e. The topological polar surface area (TPSA) is 38.7 Å². The van der Waals surface area contributed by atoms with Gasteiger partial charge < -0.3 is 14.6 Å². The molecule has 0 rings (SSSR count). The van der Waals surface area contributed by atoms with Gasteiger partial charge in [0.05, 0.1) is 0 Å². The predicted molar refractivity (Wildman–Crippen MR) is 81.9 cm³/mol. The van der Waals surface area contributed by atoms with Crippen LogP contribution in [0.3, 0.4) is 0 Å². The lowest BCUT2D eigenvalue weighted by Crippen LogP contribution is -2.64. The summed E-state index contributed by atoms with van der Waals surface area (Å²) in [5, 5.41) is 8.41.